The highest BCUT2D eigenvalue weighted by atomic mass is 32.2. The molecule has 140 valence electrons. The molecule has 0 radical (unpaired) electrons. The lowest BCUT2D eigenvalue weighted by Gasteiger charge is -2.25. The van der Waals surface area contributed by atoms with E-state index in [-0.39, 0.29) is 6.54 Å². The molecule has 0 spiro atoms. The summed E-state index contributed by atoms with van der Waals surface area (Å²) in [6.07, 6.45) is 4.51. The van der Waals surface area contributed by atoms with Crippen LogP contribution < -0.4 is 14.2 Å². The quantitative estimate of drug-likeness (QED) is 0.802. The molecular formula is C18H23N3O4S. The molecule has 0 bridgehead atoms. The van der Waals surface area contributed by atoms with E-state index in [1.165, 1.54) is 4.31 Å². The van der Waals surface area contributed by atoms with Gasteiger partial charge in [0, 0.05) is 31.9 Å². The molecule has 1 saturated heterocycles. The molecule has 0 unspecified atom stereocenters. The van der Waals surface area contributed by atoms with Gasteiger partial charge in [-0.2, -0.15) is 17.4 Å². The van der Waals surface area contributed by atoms with Crippen LogP contribution in [0.2, 0.25) is 0 Å². The molecule has 1 N–H and O–H groups in total. The van der Waals surface area contributed by atoms with Gasteiger partial charge in [0.25, 0.3) is 10.2 Å². The molecular weight excluding hydrogens is 354 g/mol. The van der Waals surface area contributed by atoms with Gasteiger partial charge in [0.05, 0.1) is 7.11 Å². The first-order chi connectivity index (χ1) is 12.6. The Kier molecular flexibility index (Phi) is 6.08. The van der Waals surface area contributed by atoms with Gasteiger partial charge in [-0.15, -0.1) is 0 Å². The van der Waals surface area contributed by atoms with Crippen LogP contribution in [0.25, 0.3) is 0 Å². The van der Waals surface area contributed by atoms with Crippen molar-refractivity contribution in [1.82, 2.24) is 14.0 Å². The monoisotopic (exact) mass is 377 g/mol. The Morgan fingerprint density at radius 2 is 1.77 bits per heavy atom. The molecule has 1 aromatic carbocycles. The van der Waals surface area contributed by atoms with Gasteiger partial charge < -0.3 is 9.47 Å². The van der Waals surface area contributed by atoms with E-state index in [4.69, 9.17) is 9.47 Å². The van der Waals surface area contributed by atoms with Crippen LogP contribution in [0.4, 0.5) is 0 Å². The fourth-order valence-electron chi connectivity index (χ4n) is 2.75. The molecule has 2 aromatic rings. The molecule has 0 atom stereocenters. The second kappa shape index (κ2) is 8.48. The Bertz CT molecular complexity index is 819. The number of nitrogens with zero attached hydrogens (tertiary/aromatic N) is 2. The standard InChI is InChI=1S/C18H23N3O4S/c1-24-16-5-7-17(8-6-16)25-18-13-15(9-10-19-18)14-20-26(22,23)21-11-3-2-4-12-21/h5-10,13,20H,2-4,11-12,14H2,1H3. The van der Waals surface area contributed by atoms with Gasteiger partial charge in [-0.05, 0) is 48.7 Å². The average Bonchev–Trinajstić information content (AvgIpc) is 2.68. The van der Waals surface area contributed by atoms with Gasteiger partial charge in [0.2, 0.25) is 5.88 Å². The van der Waals surface area contributed by atoms with Gasteiger partial charge in [-0.1, -0.05) is 6.42 Å². The number of piperidine rings is 1. The molecule has 8 heteroatoms. The lowest BCUT2D eigenvalue weighted by atomic mass is 10.2. The molecule has 1 fully saturated rings. The average molecular weight is 377 g/mol. The third-order valence-corrected chi connectivity index (χ3v) is 5.75. The minimum Gasteiger partial charge on any atom is -0.497 e. The largest absolute Gasteiger partial charge is 0.497 e. The van der Waals surface area contributed by atoms with Crippen LogP contribution >= 0.6 is 0 Å². The van der Waals surface area contributed by atoms with Crippen LogP contribution in [0.3, 0.4) is 0 Å². The second-order valence-corrected chi connectivity index (χ2v) is 7.82. The zero-order valence-electron chi connectivity index (χ0n) is 14.7. The van der Waals surface area contributed by atoms with E-state index in [9.17, 15) is 8.42 Å². The van der Waals surface area contributed by atoms with Crippen molar-refractivity contribution >= 4 is 10.2 Å². The highest BCUT2D eigenvalue weighted by Crippen LogP contribution is 2.23. The fraction of sp³-hybridized carbons (Fsp3) is 0.389. The van der Waals surface area contributed by atoms with Crippen molar-refractivity contribution in [2.45, 2.75) is 25.8 Å². The van der Waals surface area contributed by atoms with Crippen molar-refractivity contribution in [3.05, 3.63) is 48.2 Å². The summed E-state index contributed by atoms with van der Waals surface area (Å²) in [5.74, 6) is 1.78. The van der Waals surface area contributed by atoms with Gasteiger partial charge in [-0.3, -0.25) is 0 Å². The van der Waals surface area contributed by atoms with Crippen LogP contribution in [0, 0.1) is 0 Å². The highest BCUT2D eigenvalue weighted by Gasteiger charge is 2.23. The zero-order valence-corrected chi connectivity index (χ0v) is 15.5. The van der Waals surface area contributed by atoms with Crippen molar-refractivity contribution in [1.29, 1.82) is 0 Å². The van der Waals surface area contributed by atoms with Crippen molar-refractivity contribution in [2.24, 2.45) is 0 Å². The molecule has 1 aliphatic heterocycles. The van der Waals surface area contributed by atoms with Crippen molar-refractivity contribution in [3.63, 3.8) is 0 Å². The predicted octanol–water partition coefficient (Wildman–Crippen LogP) is 2.70. The van der Waals surface area contributed by atoms with Crippen LogP contribution in [-0.4, -0.2) is 37.9 Å². The summed E-state index contributed by atoms with van der Waals surface area (Å²) in [5, 5.41) is 0. The molecule has 1 aromatic heterocycles. The van der Waals surface area contributed by atoms with Crippen molar-refractivity contribution < 1.29 is 17.9 Å². The summed E-state index contributed by atoms with van der Waals surface area (Å²) in [4.78, 5) is 4.17. The van der Waals surface area contributed by atoms with E-state index < -0.39 is 10.2 Å². The fourth-order valence-corrected chi connectivity index (χ4v) is 4.02. The first-order valence-electron chi connectivity index (χ1n) is 8.58. The van der Waals surface area contributed by atoms with Crippen LogP contribution in [-0.2, 0) is 16.8 Å². The van der Waals surface area contributed by atoms with Crippen molar-refractivity contribution in [3.8, 4) is 17.4 Å². The molecule has 0 amide bonds. The summed E-state index contributed by atoms with van der Waals surface area (Å²) in [7, 11) is -1.85. The van der Waals surface area contributed by atoms with Crippen molar-refractivity contribution in [2.75, 3.05) is 20.2 Å². The number of pyridine rings is 1. The summed E-state index contributed by atoms with van der Waals surface area (Å²) in [5.41, 5.74) is 0.782. The topological polar surface area (TPSA) is 80.8 Å². The van der Waals surface area contributed by atoms with E-state index in [0.717, 1.165) is 30.6 Å². The molecule has 1 aliphatic rings. The number of nitrogens with one attached hydrogen (secondary N) is 1. The van der Waals surface area contributed by atoms with Crippen LogP contribution in [0.1, 0.15) is 24.8 Å². The maximum absolute atomic E-state index is 12.4. The Morgan fingerprint density at radius 3 is 2.46 bits per heavy atom. The molecule has 0 saturated carbocycles. The third-order valence-electron chi connectivity index (χ3n) is 4.19. The first-order valence-corrected chi connectivity index (χ1v) is 10.0. The number of hydrogen-bond donors (Lipinski definition) is 1. The van der Waals surface area contributed by atoms with E-state index in [2.05, 4.69) is 9.71 Å². The predicted molar refractivity (Wildman–Crippen MR) is 98.5 cm³/mol. The zero-order chi connectivity index (χ0) is 18.4. The van der Waals surface area contributed by atoms with Crippen LogP contribution in [0.5, 0.6) is 17.4 Å². The summed E-state index contributed by atoms with van der Waals surface area (Å²) >= 11 is 0. The highest BCUT2D eigenvalue weighted by molar-refractivity contribution is 7.87. The molecule has 26 heavy (non-hydrogen) atoms. The first kappa shape index (κ1) is 18.6. The maximum Gasteiger partial charge on any atom is 0.279 e. The molecule has 7 nitrogen and oxygen atoms in total. The number of rotatable bonds is 7. The Labute approximate surface area is 154 Å². The van der Waals surface area contributed by atoms with Gasteiger partial charge in [0.15, 0.2) is 0 Å². The van der Waals surface area contributed by atoms with E-state index in [0.29, 0.717) is 24.7 Å². The third kappa shape index (κ3) is 4.94. The maximum atomic E-state index is 12.4. The lowest BCUT2D eigenvalue weighted by molar-refractivity contribution is 0.341. The van der Waals surface area contributed by atoms with E-state index in [1.807, 2.05) is 0 Å². The number of benzene rings is 1. The SMILES string of the molecule is COc1ccc(Oc2cc(CNS(=O)(=O)N3CCCCC3)ccn2)cc1. The minimum atomic E-state index is -3.45. The summed E-state index contributed by atoms with van der Waals surface area (Å²) in [6, 6.07) is 10.7. The smallest absolute Gasteiger partial charge is 0.279 e. The number of aromatic nitrogens is 1. The molecule has 0 aliphatic carbocycles. The molecule has 3 rings (SSSR count). The number of hydrogen-bond acceptors (Lipinski definition) is 5. The minimum absolute atomic E-state index is 0.195. The number of ether oxygens (including phenoxy) is 2. The van der Waals surface area contributed by atoms with E-state index >= 15 is 0 Å². The normalized spacial score (nSPS) is 15.6. The molecule has 2 heterocycles. The van der Waals surface area contributed by atoms with Crippen LogP contribution in [0.15, 0.2) is 42.6 Å². The van der Waals surface area contributed by atoms with Gasteiger partial charge in [0.1, 0.15) is 11.5 Å². The Morgan fingerprint density at radius 1 is 1.08 bits per heavy atom. The summed E-state index contributed by atoms with van der Waals surface area (Å²) in [6.45, 7) is 1.36. The second-order valence-electron chi connectivity index (χ2n) is 6.07. The van der Waals surface area contributed by atoms with Gasteiger partial charge in [-0.25, -0.2) is 4.98 Å². The number of methoxy groups -OCH3 is 1. The summed E-state index contributed by atoms with van der Waals surface area (Å²) < 4.78 is 39.7. The van der Waals surface area contributed by atoms with E-state index in [1.54, 1.807) is 49.7 Å². The Balaban J connectivity index is 1.61. The Hall–Kier alpha value is -2.16. The lowest BCUT2D eigenvalue weighted by Crippen LogP contribution is -2.43. The van der Waals surface area contributed by atoms with Gasteiger partial charge >= 0.3 is 0 Å².